The summed E-state index contributed by atoms with van der Waals surface area (Å²) in [6, 6.07) is 0.449. The van der Waals surface area contributed by atoms with E-state index >= 15 is 0 Å². The predicted octanol–water partition coefficient (Wildman–Crippen LogP) is -0.243. The lowest BCUT2D eigenvalue weighted by atomic mass is 10.1. The monoisotopic (exact) mass is 199 g/mol. The molecule has 4 nitrogen and oxygen atoms in total. The zero-order valence-electron chi connectivity index (χ0n) is 9.58. The summed E-state index contributed by atoms with van der Waals surface area (Å²) >= 11 is 0. The van der Waals surface area contributed by atoms with Crippen molar-refractivity contribution < 1.29 is 4.79 Å². The van der Waals surface area contributed by atoms with Gasteiger partial charge in [0.1, 0.15) is 0 Å². The van der Waals surface area contributed by atoms with Crippen LogP contribution in [0.3, 0.4) is 0 Å². The molecule has 14 heavy (non-hydrogen) atoms. The van der Waals surface area contributed by atoms with Crippen LogP contribution in [-0.2, 0) is 4.79 Å². The Morgan fingerprint density at radius 1 is 1.57 bits per heavy atom. The van der Waals surface area contributed by atoms with Crippen LogP contribution in [0.15, 0.2) is 0 Å². The molecule has 1 fully saturated rings. The summed E-state index contributed by atoms with van der Waals surface area (Å²) in [5, 5.41) is 3.32. The van der Waals surface area contributed by atoms with Gasteiger partial charge in [-0.1, -0.05) is 0 Å². The zero-order chi connectivity index (χ0) is 10.7. The van der Waals surface area contributed by atoms with Gasteiger partial charge in [0, 0.05) is 39.8 Å². The molecule has 4 heteroatoms. The van der Waals surface area contributed by atoms with Gasteiger partial charge in [0.15, 0.2) is 0 Å². The van der Waals surface area contributed by atoms with Crippen LogP contribution in [0.5, 0.6) is 0 Å². The molecule has 1 heterocycles. The summed E-state index contributed by atoms with van der Waals surface area (Å²) in [6.07, 6.45) is 0. The van der Waals surface area contributed by atoms with Gasteiger partial charge in [0.25, 0.3) is 0 Å². The Balaban J connectivity index is 2.57. The summed E-state index contributed by atoms with van der Waals surface area (Å²) in [5.74, 6) is 0.193. The topological polar surface area (TPSA) is 35.6 Å². The van der Waals surface area contributed by atoms with E-state index in [9.17, 15) is 4.79 Å². The first-order valence-electron chi connectivity index (χ1n) is 5.21. The zero-order valence-corrected chi connectivity index (χ0v) is 9.58. The summed E-state index contributed by atoms with van der Waals surface area (Å²) in [7, 11) is 3.62. The highest BCUT2D eigenvalue weighted by atomic mass is 16.2. The highest BCUT2D eigenvalue weighted by Gasteiger charge is 2.28. The van der Waals surface area contributed by atoms with Gasteiger partial charge in [0.2, 0.25) is 5.91 Å². The first-order chi connectivity index (χ1) is 6.54. The Morgan fingerprint density at radius 2 is 2.21 bits per heavy atom. The molecule has 0 aromatic heterocycles. The predicted molar refractivity (Wildman–Crippen MR) is 57.2 cm³/mol. The molecule has 1 aliphatic heterocycles. The molecule has 1 saturated heterocycles. The van der Waals surface area contributed by atoms with Gasteiger partial charge in [-0.3, -0.25) is 9.69 Å². The van der Waals surface area contributed by atoms with E-state index in [0.29, 0.717) is 6.04 Å². The average molecular weight is 199 g/mol. The van der Waals surface area contributed by atoms with Crippen molar-refractivity contribution in [2.75, 3.05) is 33.7 Å². The van der Waals surface area contributed by atoms with Crippen LogP contribution in [0.1, 0.15) is 13.8 Å². The summed E-state index contributed by atoms with van der Waals surface area (Å²) < 4.78 is 0. The van der Waals surface area contributed by atoms with E-state index in [1.54, 1.807) is 4.90 Å². The van der Waals surface area contributed by atoms with Gasteiger partial charge < -0.3 is 10.2 Å². The third-order valence-electron chi connectivity index (χ3n) is 2.85. The van der Waals surface area contributed by atoms with Crippen LogP contribution >= 0.6 is 0 Å². The molecule has 0 bridgehead atoms. The minimum Gasteiger partial charge on any atom is -0.347 e. The van der Waals surface area contributed by atoms with Crippen molar-refractivity contribution in [1.29, 1.82) is 0 Å². The fourth-order valence-corrected chi connectivity index (χ4v) is 1.95. The quantitative estimate of drug-likeness (QED) is 0.666. The molecule has 82 valence electrons. The maximum absolute atomic E-state index is 11.8. The number of likely N-dealkylation sites (N-methyl/N-ethyl adjacent to an activating group) is 1. The molecular weight excluding hydrogens is 178 g/mol. The summed E-state index contributed by atoms with van der Waals surface area (Å²) in [4.78, 5) is 15.7. The smallest absolute Gasteiger partial charge is 0.239 e. The van der Waals surface area contributed by atoms with Crippen LogP contribution in [0.2, 0.25) is 0 Å². The Labute approximate surface area is 86.2 Å². The van der Waals surface area contributed by atoms with Crippen LogP contribution in [0.4, 0.5) is 0 Å². The van der Waals surface area contributed by atoms with Crippen LogP contribution in [0.25, 0.3) is 0 Å². The van der Waals surface area contributed by atoms with Gasteiger partial charge in [-0.25, -0.2) is 0 Å². The number of nitrogens with zero attached hydrogens (tertiary/aromatic N) is 2. The summed E-state index contributed by atoms with van der Waals surface area (Å²) in [6.45, 7) is 7.07. The molecule has 2 unspecified atom stereocenters. The van der Waals surface area contributed by atoms with Crippen molar-refractivity contribution in [2.24, 2.45) is 0 Å². The lowest BCUT2D eigenvalue weighted by Gasteiger charge is -2.38. The fourth-order valence-electron chi connectivity index (χ4n) is 1.95. The Hall–Kier alpha value is -0.610. The van der Waals surface area contributed by atoms with E-state index in [2.05, 4.69) is 17.1 Å². The van der Waals surface area contributed by atoms with E-state index in [1.807, 2.05) is 21.0 Å². The average Bonchev–Trinajstić information content (AvgIpc) is 2.16. The highest BCUT2D eigenvalue weighted by Crippen LogP contribution is 2.09. The minimum absolute atomic E-state index is 0.00194. The van der Waals surface area contributed by atoms with Crippen LogP contribution < -0.4 is 5.32 Å². The molecule has 1 rings (SSSR count). The summed E-state index contributed by atoms with van der Waals surface area (Å²) in [5.41, 5.74) is 0. The molecule has 0 aromatic rings. The SMILES string of the molecule is CC1CNCCN1C(C)C(=O)N(C)C. The van der Waals surface area contributed by atoms with E-state index in [4.69, 9.17) is 0 Å². The number of carbonyl (C=O) groups excluding carboxylic acids is 1. The van der Waals surface area contributed by atoms with Crippen molar-refractivity contribution in [2.45, 2.75) is 25.9 Å². The van der Waals surface area contributed by atoms with E-state index in [0.717, 1.165) is 19.6 Å². The minimum atomic E-state index is 0.00194. The van der Waals surface area contributed by atoms with Crippen molar-refractivity contribution in [1.82, 2.24) is 15.1 Å². The van der Waals surface area contributed by atoms with E-state index in [1.165, 1.54) is 0 Å². The molecule has 0 aliphatic carbocycles. The third-order valence-corrected chi connectivity index (χ3v) is 2.85. The molecule has 1 aliphatic rings. The second-order valence-corrected chi connectivity index (χ2v) is 4.20. The third kappa shape index (κ3) is 2.45. The molecule has 1 N–H and O–H groups in total. The van der Waals surface area contributed by atoms with Crippen LogP contribution in [-0.4, -0.2) is 61.5 Å². The van der Waals surface area contributed by atoms with Gasteiger partial charge in [-0.05, 0) is 13.8 Å². The van der Waals surface area contributed by atoms with E-state index < -0.39 is 0 Å². The maximum Gasteiger partial charge on any atom is 0.239 e. The Morgan fingerprint density at radius 3 is 2.71 bits per heavy atom. The van der Waals surface area contributed by atoms with Gasteiger partial charge in [0.05, 0.1) is 6.04 Å². The van der Waals surface area contributed by atoms with Gasteiger partial charge in [-0.2, -0.15) is 0 Å². The van der Waals surface area contributed by atoms with Gasteiger partial charge >= 0.3 is 0 Å². The fraction of sp³-hybridized carbons (Fsp3) is 0.900. The van der Waals surface area contributed by atoms with Gasteiger partial charge in [-0.15, -0.1) is 0 Å². The number of carbonyl (C=O) groups is 1. The van der Waals surface area contributed by atoms with Crippen LogP contribution in [0, 0.1) is 0 Å². The number of rotatable bonds is 2. The molecule has 2 atom stereocenters. The Kier molecular flexibility index (Phi) is 3.89. The van der Waals surface area contributed by atoms with Crippen molar-refractivity contribution >= 4 is 5.91 Å². The second-order valence-electron chi connectivity index (χ2n) is 4.20. The first-order valence-corrected chi connectivity index (χ1v) is 5.21. The number of piperazine rings is 1. The van der Waals surface area contributed by atoms with Crippen molar-refractivity contribution in [3.63, 3.8) is 0 Å². The number of nitrogens with one attached hydrogen (secondary N) is 1. The van der Waals surface area contributed by atoms with E-state index in [-0.39, 0.29) is 11.9 Å². The lowest BCUT2D eigenvalue weighted by molar-refractivity contribution is -0.135. The maximum atomic E-state index is 11.8. The molecular formula is C10H21N3O. The molecule has 1 amide bonds. The normalized spacial score (nSPS) is 25.9. The standard InChI is InChI=1S/C10H21N3O/c1-8-7-11-5-6-13(8)9(2)10(14)12(3)4/h8-9,11H,5-7H2,1-4H3. The first kappa shape index (κ1) is 11.5. The molecule has 0 saturated carbocycles. The highest BCUT2D eigenvalue weighted by molar-refractivity contribution is 5.81. The van der Waals surface area contributed by atoms with Crippen molar-refractivity contribution in [3.8, 4) is 0 Å². The molecule has 0 radical (unpaired) electrons. The van der Waals surface area contributed by atoms with Crippen molar-refractivity contribution in [3.05, 3.63) is 0 Å². The second kappa shape index (κ2) is 4.75. The lowest BCUT2D eigenvalue weighted by Crippen LogP contribution is -2.56. The number of hydrogen-bond donors (Lipinski definition) is 1. The number of hydrogen-bond acceptors (Lipinski definition) is 3. The molecule has 0 spiro atoms. The molecule has 0 aromatic carbocycles. The number of amides is 1. The Bertz CT molecular complexity index is 206. The largest absolute Gasteiger partial charge is 0.347 e.